The van der Waals surface area contributed by atoms with Crippen LogP contribution >= 0.6 is 15.9 Å². The highest BCUT2D eigenvalue weighted by Gasteiger charge is 2.31. The number of nitrogens with zero attached hydrogens (tertiary/aromatic N) is 2. The maximum Gasteiger partial charge on any atom is 0.141 e. The van der Waals surface area contributed by atoms with Gasteiger partial charge in [0.15, 0.2) is 0 Å². The second kappa shape index (κ2) is 6.32. The molecule has 1 saturated heterocycles. The molecule has 0 aliphatic carbocycles. The normalized spacial score (nSPS) is 19.3. The number of halogens is 1. The van der Waals surface area contributed by atoms with Gasteiger partial charge in [0.05, 0.1) is 5.69 Å². The molecule has 21 heavy (non-hydrogen) atoms. The maximum atomic E-state index is 5.49. The zero-order valence-corrected chi connectivity index (χ0v) is 14.2. The van der Waals surface area contributed by atoms with Crippen molar-refractivity contribution < 1.29 is 4.52 Å². The minimum absolute atomic E-state index is 0.454. The number of aromatic nitrogens is 1. The predicted molar refractivity (Wildman–Crippen MR) is 87.1 cm³/mol. The van der Waals surface area contributed by atoms with E-state index in [4.69, 9.17) is 4.52 Å². The van der Waals surface area contributed by atoms with Crippen LogP contribution in [0.15, 0.2) is 33.3 Å². The van der Waals surface area contributed by atoms with E-state index in [9.17, 15) is 0 Å². The van der Waals surface area contributed by atoms with Gasteiger partial charge in [-0.1, -0.05) is 40.1 Å². The van der Waals surface area contributed by atoms with Crippen LogP contribution in [0.1, 0.15) is 48.4 Å². The Morgan fingerprint density at radius 1 is 1.33 bits per heavy atom. The van der Waals surface area contributed by atoms with Crippen LogP contribution in [0.2, 0.25) is 0 Å². The SMILES string of the molecule is CCc1onc(C)c1[C@H]1CCCN1Cc1ccc(Br)cc1. The molecule has 1 aliphatic rings. The molecule has 1 aliphatic heterocycles. The van der Waals surface area contributed by atoms with Gasteiger partial charge >= 0.3 is 0 Å². The lowest BCUT2D eigenvalue weighted by Crippen LogP contribution is -2.23. The van der Waals surface area contributed by atoms with E-state index in [1.165, 1.54) is 24.0 Å². The molecule has 1 aromatic carbocycles. The number of hydrogen-bond donors (Lipinski definition) is 0. The third-order valence-corrected chi connectivity index (χ3v) is 4.83. The van der Waals surface area contributed by atoms with Crippen molar-refractivity contribution in [3.63, 3.8) is 0 Å². The highest BCUT2D eigenvalue weighted by molar-refractivity contribution is 9.10. The molecule has 1 aromatic heterocycles. The van der Waals surface area contributed by atoms with Gasteiger partial charge in [-0.25, -0.2) is 0 Å². The minimum atomic E-state index is 0.454. The molecule has 0 spiro atoms. The van der Waals surface area contributed by atoms with Crippen LogP contribution in [-0.2, 0) is 13.0 Å². The molecule has 0 unspecified atom stereocenters. The fourth-order valence-electron chi connectivity index (χ4n) is 3.27. The van der Waals surface area contributed by atoms with Crippen molar-refractivity contribution in [1.29, 1.82) is 0 Å². The molecule has 3 rings (SSSR count). The van der Waals surface area contributed by atoms with Gasteiger partial charge in [0.2, 0.25) is 0 Å². The summed E-state index contributed by atoms with van der Waals surface area (Å²) in [4.78, 5) is 2.56. The third-order valence-electron chi connectivity index (χ3n) is 4.30. The van der Waals surface area contributed by atoms with Gasteiger partial charge in [-0.3, -0.25) is 4.90 Å². The van der Waals surface area contributed by atoms with Gasteiger partial charge in [-0.2, -0.15) is 0 Å². The summed E-state index contributed by atoms with van der Waals surface area (Å²) in [5, 5.41) is 4.18. The molecule has 1 atom stereocenters. The summed E-state index contributed by atoms with van der Waals surface area (Å²) in [5.41, 5.74) is 3.74. The number of likely N-dealkylation sites (tertiary alicyclic amines) is 1. The quantitative estimate of drug-likeness (QED) is 0.805. The van der Waals surface area contributed by atoms with Crippen LogP contribution in [0.5, 0.6) is 0 Å². The average molecular weight is 349 g/mol. The van der Waals surface area contributed by atoms with Gasteiger partial charge in [-0.15, -0.1) is 0 Å². The highest BCUT2D eigenvalue weighted by atomic mass is 79.9. The Morgan fingerprint density at radius 2 is 2.10 bits per heavy atom. The van der Waals surface area contributed by atoms with Crippen molar-refractivity contribution in [1.82, 2.24) is 10.1 Å². The lowest BCUT2D eigenvalue weighted by atomic mass is 10.0. The van der Waals surface area contributed by atoms with Crippen molar-refractivity contribution in [3.05, 3.63) is 51.3 Å². The van der Waals surface area contributed by atoms with Gasteiger partial charge < -0.3 is 4.52 Å². The zero-order chi connectivity index (χ0) is 14.8. The molecule has 1 fully saturated rings. The second-order valence-corrected chi connectivity index (χ2v) is 6.63. The smallest absolute Gasteiger partial charge is 0.141 e. The average Bonchev–Trinajstić information content (AvgIpc) is 3.07. The largest absolute Gasteiger partial charge is 0.361 e. The van der Waals surface area contributed by atoms with E-state index in [2.05, 4.69) is 64.1 Å². The topological polar surface area (TPSA) is 29.3 Å². The van der Waals surface area contributed by atoms with Crippen LogP contribution in [0.25, 0.3) is 0 Å². The summed E-state index contributed by atoms with van der Waals surface area (Å²) in [5.74, 6) is 1.06. The molecule has 0 saturated carbocycles. The Balaban J connectivity index is 1.82. The van der Waals surface area contributed by atoms with E-state index in [1.807, 2.05) is 0 Å². The number of benzene rings is 1. The predicted octanol–water partition coefficient (Wildman–Crippen LogP) is 4.65. The van der Waals surface area contributed by atoms with Crippen molar-refractivity contribution >= 4 is 15.9 Å². The summed E-state index contributed by atoms with van der Waals surface area (Å²) in [6.07, 6.45) is 3.36. The Kier molecular flexibility index (Phi) is 4.45. The minimum Gasteiger partial charge on any atom is -0.361 e. The standard InChI is InChI=1S/C17H21BrN2O/c1-3-16-17(12(2)19-21-16)15-5-4-10-20(15)11-13-6-8-14(18)9-7-13/h6-9,15H,3-5,10-11H2,1-2H3/t15-/m1/s1. The molecular formula is C17H21BrN2O. The summed E-state index contributed by atoms with van der Waals surface area (Å²) in [6.45, 7) is 6.34. The second-order valence-electron chi connectivity index (χ2n) is 5.71. The van der Waals surface area contributed by atoms with E-state index in [0.717, 1.165) is 35.4 Å². The molecular weight excluding hydrogens is 328 g/mol. The van der Waals surface area contributed by atoms with E-state index < -0.39 is 0 Å². The molecule has 2 heterocycles. The number of aryl methyl sites for hydroxylation is 2. The van der Waals surface area contributed by atoms with Gasteiger partial charge in [0.25, 0.3) is 0 Å². The first-order valence-corrected chi connectivity index (χ1v) is 8.42. The number of rotatable bonds is 4. The van der Waals surface area contributed by atoms with Gasteiger partial charge in [0.1, 0.15) is 5.76 Å². The first-order chi connectivity index (χ1) is 10.2. The van der Waals surface area contributed by atoms with E-state index in [0.29, 0.717) is 6.04 Å². The van der Waals surface area contributed by atoms with Crippen LogP contribution in [0.3, 0.4) is 0 Å². The van der Waals surface area contributed by atoms with Crippen molar-refractivity contribution in [3.8, 4) is 0 Å². The Bertz CT molecular complexity index is 606. The molecule has 0 amide bonds. The van der Waals surface area contributed by atoms with Gasteiger partial charge in [-0.05, 0) is 44.0 Å². The fourth-order valence-corrected chi connectivity index (χ4v) is 3.54. The summed E-state index contributed by atoms with van der Waals surface area (Å²) >= 11 is 3.50. The summed E-state index contributed by atoms with van der Waals surface area (Å²) in [7, 11) is 0. The molecule has 112 valence electrons. The Labute approximate surface area is 134 Å². The lowest BCUT2D eigenvalue weighted by molar-refractivity contribution is 0.245. The first kappa shape index (κ1) is 14.8. The van der Waals surface area contributed by atoms with Crippen molar-refractivity contribution in [2.45, 2.75) is 45.7 Å². The zero-order valence-electron chi connectivity index (χ0n) is 12.6. The van der Waals surface area contributed by atoms with Crippen LogP contribution in [-0.4, -0.2) is 16.6 Å². The molecule has 3 nitrogen and oxygen atoms in total. The van der Waals surface area contributed by atoms with E-state index in [1.54, 1.807) is 0 Å². The van der Waals surface area contributed by atoms with Gasteiger partial charge in [0, 0.05) is 29.0 Å². The van der Waals surface area contributed by atoms with Crippen molar-refractivity contribution in [2.24, 2.45) is 0 Å². The summed E-state index contributed by atoms with van der Waals surface area (Å²) < 4.78 is 6.62. The van der Waals surface area contributed by atoms with Crippen LogP contribution in [0, 0.1) is 6.92 Å². The Morgan fingerprint density at radius 3 is 2.81 bits per heavy atom. The van der Waals surface area contributed by atoms with Crippen molar-refractivity contribution in [2.75, 3.05) is 6.54 Å². The van der Waals surface area contributed by atoms with E-state index >= 15 is 0 Å². The molecule has 4 heteroatoms. The summed E-state index contributed by atoms with van der Waals surface area (Å²) in [6, 6.07) is 9.07. The maximum absolute atomic E-state index is 5.49. The number of hydrogen-bond acceptors (Lipinski definition) is 3. The van der Waals surface area contributed by atoms with Crippen LogP contribution < -0.4 is 0 Å². The fraction of sp³-hybridized carbons (Fsp3) is 0.471. The molecule has 2 aromatic rings. The van der Waals surface area contributed by atoms with E-state index in [-0.39, 0.29) is 0 Å². The highest BCUT2D eigenvalue weighted by Crippen LogP contribution is 2.36. The Hall–Kier alpha value is -1.13. The molecule has 0 radical (unpaired) electrons. The molecule has 0 bridgehead atoms. The monoisotopic (exact) mass is 348 g/mol. The molecule has 0 N–H and O–H groups in total. The third kappa shape index (κ3) is 3.06. The first-order valence-electron chi connectivity index (χ1n) is 7.62. The van der Waals surface area contributed by atoms with Crippen LogP contribution in [0.4, 0.5) is 0 Å². The lowest BCUT2D eigenvalue weighted by Gasteiger charge is -2.24.